The fraction of sp³-hybridized carbons (Fsp3) is 0.103. The van der Waals surface area contributed by atoms with Gasteiger partial charge in [-0.3, -0.25) is 9.59 Å². The van der Waals surface area contributed by atoms with Crippen LogP contribution < -0.4 is 15.4 Å². The minimum absolute atomic E-state index is 0.148. The Kier molecular flexibility index (Phi) is 6.18. The number of carbonyl (C=O) groups is 2. The Morgan fingerprint density at radius 1 is 0.743 bits per heavy atom. The minimum Gasteiger partial charge on any atom is -0.484 e. The van der Waals surface area contributed by atoms with Crippen molar-refractivity contribution in [2.45, 2.75) is 13.5 Å². The smallest absolute Gasteiger partial charge is 0.262 e. The summed E-state index contributed by atoms with van der Waals surface area (Å²) >= 11 is 0. The van der Waals surface area contributed by atoms with Crippen LogP contribution in [0.4, 0.5) is 11.4 Å². The molecule has 0 saturated carbocycles. The number of fused-ring (bicyclic) bond motifs is 3. The average molecular weight is 464 g/mol. The number of aromatic nitrogens is 1. The van der Waals surface area contributed by atoms with Crippen molar-refractivity contribution < 1.29 is 14.3 Å². The van der Waals surface area contributed by atoms with Crippen molar-refractivity contribution in [3.63, 3.8) is 0 Å². The van der Waals surface area contributed by atoms with Crippen LogP contribution in [0.3, 0.4) is 0 Å². The molecule has 5 aromatic rings. The molecule has 0 radical (unpaired) electrons. The highest BCUT2D eigenvalue weighted by Crippen LogP contribution is 2.31. The summed E-state index contributed by atoms with van der Waals surface area (Å²) in [7, 11) is 0. The molecule has 2 amide bonds. The van der Waals surface area contributed by atoms with Gasteiger partial charge in [0.15, 0.2) is 6.61 Å². The largest absolute Gasteiger partial charge is 0.484 e. The molecule has 0 saturated heterocycles. The van der Waals surface area contributed by atoms with Crippen molar-refractivity contribution in [1.82, 2.24) is 4.57 Å². The fourth-order valence-corrected chi connectivity index (χ4v) is 4.27. The van der Waals surface area contributed by atoms with E-state index in [9.17, 15) is 9.59 Å². The van der Waals surface area contributed by atoms with Crippen LogP contribution in [0.1, 0.15) is 17.3 Å². The molecular weight excluding hydrogens is 438 g/mol. The summed E-state index contributed by atoms with van der Waals surface area (Å²) in [5.41, 5.74) is 4.19. The zero-order valence-electron chi connectivity index (χ0n) is 19.3. The van der Waals surface area contributed by atoms with E-state index in [4.69, 9.17) is 4.74 Å². The number of carbonyl (C=O) groups excluding carboxylic acids is 2. The zero-order valence-corrected chi connectivity index (χ0v) is 19.3. The molecule has 6 heteroatoms. The first kappa shape index (κ1) is 22.2. The van der Waals surface area contributed by atoms with Gasteiger partial charge in [0.05, 0.1) is 0 Å². The number of amides is 2. The van der Waals surface area contributed by atoms with Gasteiger partial charge in [0.25, 0.3) is 11.8 Å². The average Bonchev–Trinajstić information content (AvgIpc) is 3.21. The second-order valence-electron chi connectivity index (χ2n) is 8.18. The van der Waals surface area contributed by atoms with E-state index in [1.807, 2.05) is 48.5 Å². The Labute approximate surface area is 203 Å². The summed E-state index contributed by atoms with van der Waals surface area (Å²) in [6, 6.07) is 30.2. The molecule has 0 spiro atoms. The molecule has 0 aliphatic heterocycles. The third-order valence-electron chi connectivity index (χ3n) is 5.87. The van der Waals surface area contributed by atoms with E-state index in [0.717, 1.165) is 22.8 Å². The summed E-state index contributed by atoms with van der Waals surface area (Å²) in [5, 5.41) is 8.02. The minimum atomic E-state index is -0.262. The Hall–Kier alpha value is -4.58. The molecule has 1 heterocycles. The lowest BCUT2D eigenvalue weighted by Gasteiger charge is -2.10. The molecule has 174 valence electrons. The Morgan fingerprint density at radius 3 is 2.31 bits per heavy atom. The highest BCUT2D eigenvalue weighted by atomic mass is 16.5. The van der Waals surface area contributed by atoms with Crippen molar-refractivity contribution >= 4 is 45.0 Å². The third kappa shape index (κ3) is 4.73. The highest BCUT2D eigenvalue weighted by Gasteiger charge is 2.11. The molecule has 6 nitrogen and oxygen atoms in total. The number of anilines is 2. The van der Waals surface area contributed by atoms with Gasteiger partial charge in [0.1, 0.15) is 5.75 Å². The van der Waals surface area contributed by atoms with E-state index in [-0.39, 0.29) is 18.4 Å². The quantitative estimate of drug-likeness (QED) is 0.307. The van der Waals surface area contributed by atoms with E-state index >= 15 is 0 Å². The number of hydrogen-bond donors (Lipinski definition) is 2. The van der Waals surface area contributed by atoms with Crippen LogP contribution in [0.5, 0.6) is 5.75 Å². The van der Waals surface area contributed by atoms with Gasteiger partial charge in [-0.25, -0.2) is 0 Å². The van der Waals surface area contributed by atoms with Gasteiger partial charge in [0, 0.05) is 51.4 Å². The number of aryl methyl sites for hydroxylation is 1. The number of benzene rings is 4. The van der Waals surface area contributed by atoms with Crippen LogP contribution in [0, 0.1) is 0 Å². The van der Waals surface area contributed by atoms with E-state index in [2.05, 4.69) is 34.3 Å². The molecule has 0 atom stereocenters. The van der Waals surface area contributed by atoms with E-state index in [1.54, 1.807) is 36.4 Å². The van der Waals surface area contributed by atoms with Crippen LogP contribution >= 0.6 is 0 Å². The van der Waals surface area contributed by atoms with Gasteiger partial charge >= 0.3 is 0 Å². The number of hydrogen-bond acceptors (Lipinski definition) is 3. The van der Waals surface area contributed by atoms with Crippen molar-refractivity contribution in [1.29, 1.82) is 0 Å². The van der Waals surface area contributed by atoms with E-state index in [0.29, 0.717) is 22.7 Å². The van der Waals surface area contributed by atoms with Gasteiger partial charge in [-0.2, -0.15) is 0 Å². The number of nitrogens with one attached hydrogen (secondary N) is 2. The summed E-state index contributed by atoms with van der Waals surface area (Å²) in [4.78, 5) is 25.0. The first-order valence-corrected chi connectivity index (χ1v) is 11.5. The topological polar surface area (TPSA) is 72.4 Å². The lowest BCUT2D eigenvalue weighted by molar-refractivity contribution is -0.118. The maximum atomic E-state index is 12.6. The summed E-state index contributed by atoms with van der Waals surface area (Å²) in [6.45, 7) is 2.85. The Morgan fingerprint density at radius 2 is 1.49 bits per heavy atom. The number of rotatable bonds is 7. The lowest BCUT2D eigenvalue weighted by atomic mass is 10.1. The fourth-order valence-electron chi connectivity index (χ4n) is 4.27. The van der Waals surface area contributed by atoms with Gasteiger partial charge < -0.3 is 19.9 Å². The zero-order chi connectivity index (χ0) is 24.2. The summed E-state index contributed by atoms with van der Waals surface area (Å²) in [5.74, 6) is 0.0232. The first-order valence-electron chi connectivity index (χ1n) is 11.5. The third-order valence-corrected chi connectivity index (χ3v) is 5.87. The second kappa shape index (κ2) is 9.73. The maximum absolute atomic E-state index is 12.6. The van der Waals surface area contributed by atoms with Crippen molar-refractivity contribution in [3.05, 3.63) is 103 Å². The lowest BCUT2D eigenvalue weighted by Crippen LogP contribution is -2.20. The summed E-state index contributed by atoms with van der Waals surface area (Å²) in [6.07, 6.45) is 0. The number of para-hydroxylation sites is 1. The van der Waals surface area contributed by atoms with Crippen LogP contribution in [-0.2, 0) is 11.3 Å². The molecule has 0 aliphatic carbocycles. The number of ether oxygens (including phenoxy) is 1. The molecule has 0 aliphatic rings. The summed E-state index contributed by atoms with van der Waals surface area (Å²) < 4.78 is 7.95. The van der Waals surface area contributed by atoms with Gasteiger partial charge in [-0.1, -0.05) is 42.5 Å². The monoisotopic (exact) mass is 463 g/mol. The SMILES string of the molecule is CCn1c2ccccc2c2cc(NC(=O)COc3cccc(NC(=O)c4ccccc4)c3)ccc21. The standard InChI is InChI=1S/C29H25N3O3/c1-2-32-26-14-7-6-13-24(26)25-18-22(15-16-27(25)32)30-28(33)19-35-23-12-8-11-21(17-23)31-29(34)20-9-4-3-5-10-20/h3-18H,2,19H2,1H3,(H,30,33)(H,31,34). The molecular formula is C29H25N3O3. The Balaban J connectivity index is 1.24. The first-order chi connectivity index (χ1) is 17.1. The molecule has 0 bridgehead atoms. The van der Waals surface area contributed by atoms with E-state index in [1.165, 1.54) is 5.52 Å². The molecule has 0 fully saturated rings. The molecule has 1 aromatic heterocycles. The van der Waals surface area contributed by atoms with Crippen molar-refractivity contribution in [2.75, 3.05) is 17.2 Å². The highest BCUT2D eigenvalue weighted by molar-refractivity contribution is 6.10. The second-order valence-corrected chi connectivity index (χ2v) is 8.18. The van der Waals surface area contributed by atoms with Gasteiger partial charge in [0.2, 0.25) is 0 Å². The molecule has 2 N–H and O–H groups in total. The normalized spacial score (nSPS) is 10.9. The molecule has 35 heavy (non-hydrogen) atoms. The van der Waals surface area contributed by atoms with Crippen LogP contribution in [0.25, 0.3) is 21.8 Å². The molecule has 0 unspecified atom stereocenters. The van der Waals surface area contributed by atoms with Gasteiger partial charge in [-0.05, 0) is 55.5 Å². The van der Waals surface area contributed by atoms with Crippen molar-refractivity contribution in [2.24, 2.45) is 0 Å². The molecule has 4 aromatic carbocycles. The van der Waals surface area contributed by atoms with Crippen LogP contribution in [-0.4, -0.2) is 23.0 Å². The molecule has 5 rings (SSSR count). The Bertz CT molecular complexity index is 1520. The number of nitrogens with zero attached hydrogens (tertiary/aromatic N) is 1. The van der Waals surface area contributed by atoms with Crippen LogP contribution in [0.2, 0.25) is 0 Å². The van der Waals surface area contributed by atoms with Crippen LogP contribution in [0.15, 0.2) is 97.1 Å². The predicted octanol–water partition coefficient (Wildman–Crippen LogP) is 6.08. The van der Waals surface area contributed by atoms with Gasteiger partial charge in [-0.15, -0.1) is 0 Å². The predicted molar refractivity (Wildman–Crippen MR) is 140 cm³/mol. The van der Waals surface area contributed by atoms with E-state index < -0.39 is 0 Å². The maximum Gasteiger partial charge on any atom is 0.262 e. The van der Waals surface area contributed by atoms with Crippen molar-refractivity contribution in [3.8, 4) is 5.75 Å².